The van der Waals surface area contributed by atoms with Crippen LogP contribution in [0.3, 0.4) is 0 Å². The van der Waals surface area contributed by atoms with Crippen LogP contribution in [0.1, 0.15) is 57.5 Å². The maximum absolute atomic E-state index is 10.8. The molecule has 2 heterocycles. The monoisotopic (exact) mass is 451 g/mol. The molecule has 1 saturated heterocycles. The molecule has 1 unspecified atom stereocenters. The quantitative estimate of drug-likeness (QED) is 0.505. The minimum Gasteiger partial charge on any atom is -0.490 e. The van der Waals surface area contributed by atoms with Crippen LogP contribution in [0.25, 0.3) is 11.5 Å². The van der Waals surface area contributed by atoms with Gasteiger partial charge in [-0.3, -0.25) is 9.59 Å². The summed E-state index contributed by atoms with van der Waals surface area (Å²) in [4.78, 5) is 23.0. The molecule has 0 radical (unpaired) electrons. The number of carbonyl (C=O) groups is 2. The third kappa shape index (κ3) is 10.9. The van der Waals surface area contributed by atoms with E-state index in [4.69, 9.17) is 14.3 Å². The number of carbonyl (C=O) groups excluding carboxylic acids is 1. The molecule has 3 rings (SSSR count). The molecule has 32 heavy (non-hydrogen) atoms. The second-order valence-electron chi connectivity index (χ2n) is 7.77. The van der Waals surface area contributed by atoms with E-state index in [-0.39, 0.29) is 29.5 Å². The smallest absolute Gasteiger partial charge is 0.290 e. The van der Waals surface area contributed by atoms with Crippen LogP contribution in [0.5, 0.6) is 5.88 Å². The molecule has 1 aliphatic rings. The third-order valence-electron chi connectivity index (χ3n) is 4.07. The number of anilines is 1. The van der Waals surface area contributed by atoms with Crippen molar-refractivity contribution in [2.45, 2.75) is 58.5 Å². The van der Waals surface area contributed by atoms with Gasteiger partial charge in [-0.05, 0) is 51.4 Å². The Balaban J connectivity index is 0.000000925. The van der Waals surface area contributed by atoms with E-state index in [9.17, 15) is 9.90 Å². The molecule has 0 saturated carbocycles. The van der Waals surface area contributed by atoms with Crippen LogP contribution in [-0.4, -0.2) is 60.3 Å². The number of nitrogens with one attached hydrogen (secondary N) is 2. The SMILES string of the molecule is CC1(C)CC(Nc2cccc(-c3nc(O)c(C=O)o3)c2)CCN1.CCC.COC.O=CO. The summed E-state index contributed by atoms with van der Waals surface area (Å²) in [7, 11) is 3.25. The number of rotatable bonds is 4. The van der Waals surface area contributed by atoms with E-state index in [1.807, 2.05) is 24.3 Å². The zero-order valence-corrected chi connectivity index (χ0v) is 19.8. The Morgan fingerprint density at radius 2 is 1.91 bits per heavy atom. The molecule has 1 aromatic heterocycles. The Bertz CT molecular complexity index is 790. The Morgan fingerprint density at radius 3 is 2.41 bits per heavy atom. The van der Waals surface area contributed by atoms with Crippen molar-refractivity contribution in [2.24, 2.45) is 0 Å². The zero-order valence-electron chi connectivity index (χ0n) is 19.8. The van der Waals surface area contributed by atoms with Crippen LogP contribution >= 0.6 is 0 Å². The number of aromatic nitrogens is 1. The van der Waals surface area contributed by atoms with Gasteiger partial charge in [0.1, 0.15) is 0 Å². The molecular weight excluding hydrogens is 414 g/mol. The van der Waals surface area contributed by atoms with Crippen molar-refractivity contribution in [3.05, 3.63) is 30.0 Å². The van der Waals surface area contributed by atoms with Gasteiger partial charge in [0.15, 0.2) is 6.29 Å². The minimum atomic E-state index is -0.381. The normalized spacial score (nSPS) is 16.0. The summed E-state index contributed by atoms with van der Waals surface area (Å²) in [6.45, 7) is 9.39. The highest BCUT2D eigenvalue weighted by Gasteiger charge is 2.27. The molecule has 2 aromatic rings. The number of hydrogen-bond acceptors (Lipinski definition) is 8. The van der Waals surface area contributed by atoms with Crippen molar-refractivity contribution in [1.82, 2.24) is 10.3 Å². The minimum absolute atomic E-state index is 0.126. The molecule has 180 valence electrons. The lowest BCUT2D eigenvalue weighted by Crippen LogP contribution is -2.49. The third-order valence-corrected chi connectivity index (χ3v) is 4.07. The fourth-order valence-electron chi connectivity index (χ4n) is 3.00. The molecular formula is C23H37N3O6. The van der Waals surface area contributed by atoms with Crippen molar-refractivity contribution in [3.8, 4) is 17.3 Å². The van der Waals surface area contributed by atoms with Gasteiger partial charge in [-0.25, -0.2) is 0 Å². The van der Waals surface area contributed by atoms with Gasteiger partial charge < -0.3 is 30.0 Å². The van der Waals surface area contributed by atoms with Gasteiger partial charge in [-0.1, -0.05) is 26.3 Å². The number of ether oxygens (including phenoxy) is 1. The summed E-state index contributed by atoms with van der Waals surface area (Å²) in [5.74, 6) is -0.300. The fraction of sp³-hybridized carbons (Fsp3) is 0.522. The lowest BCUT2D eigenvalue weighted by molar-refractivity contribution is -0.122. The maximum Gasteiger partial charge on any atom is 0.290 e. The number of hydrogen-bond donors (Lipinski definition) is 4. The Hall–Kier alpha value is -2.91. The second-order valence-corrected chi connectivity index (χ2v) is 7.77. The van der Waals surface area contributed by atoms with Crippen LogP contribution < -0.4 is 10.6 Å². The second kappa shape index (κ2) is 15.8. The van der Waals surface area contributed by atoms with Crippen LogP contribution in [0, 0.1) is 0 Å². The van der Waals surface area contributed by atoms with Gasteiger partial charge in [-0.15, -0.1) is 0 Å². The predicted molar refractivity (Wildman–Crippen MR) is 125 cm³/mol. The lowest BCUT2D eigenvalue weighted by atomic mass is 9.89. The molecule has 9 heteroatoms. The van der Waals surface area contributed by atoms with Crippen LogP contribution in [0.15, 0.2) is 28.7 Å². The van der Waals surface area contributed by atoms with Crippen LogP contribution in [-0.2, 0) is 9.53 Å². The van der Waals surface area contributed by atoms with Crippen LogP contribution in [0.4, 0.5) is 5.69 Å². The molecule has 0 bridgehead atoms. The number of methoxy groups -OCH3 is 1. The van der Waals surface area contributed by atoms with Crippen molar-refractivity contribution >= 4 is 18.4 Å². The Labute approximate surface area is 190 Å². The van der Waals surface area contributed by atoms with Crippen molar-refractivity contribution in [2.75, 3.05) is 26.1 Å². The summed E-state index contributed by atoms with van der Waals surface area (Å²) in [5, 5.41) is 23.5. The van der Waals surface area contributed by atoms with E-state index in [0.717, 1.165) is 25.1 Å². The molecule has 1 fully saturated rings. The van der Waals surface area contributed by atoms with E-state index in [1.165, 1.54) is 6.42 Å². The van der Waals surface area contributed by atoms with Crippen molar-refractivity contribution in [1.29, 1.82) is 0 Å². The highest BCUT2D eigenvalue weighted by molar-refractivity contribution is 5.75. The molecule has 1 aromatic carbocycles. The first-order valence-corrected chi connectivity index (χ1v) is 10.5. The summed E-state index contributed by atoms with van der Waals surface area (Å²) in [5.41, 5.74) is 1.81. The van der Waals surface area contributed by atoms with Gasteiger partial charge in [0, 0.05) is 37.1 Å². The summed E-state index contributed by atoms with van der Waals surface area (Å²) < 4.78 is 9.51. The summed E-state index contributed by atoms with van der Waals surface area (Å²) in [6.07, 6.45) is 3.79. The number of benzene rings is 1. The van der Waals surface area contributed by atoms with Gasteiger partial charge >= 0.3 is 0 Å². The van der Waals surface area contributed by atoms with E-state index in [1.54, 1.807) is 14.2 Å². The van der Waals surface area contributed by atoms with E-state index in [0.29, 0.717) is 17.9 Å². The molecule has 0 spiro atoms. The van der Waals surface area contributed by atoms with E-state index in [2.05, 4.69) is 48.0 Å². The molecule has 1 atom stereocenters. The first kappa shape index (κ1) is 29.1. The molecule has 4 N–H and O–H groups in total. The molecule has 9 nitrogen and oxygen atoms in total. The molecule has 1 aliphatic heterocycles. The number of carboxylic acid groups (broad SMARTS) is 1. The highest BCUT2D eigenvalue weighted by Crippen LogP contribution is 2.28. The van der Waals surface area contributed by atoms with E-state index < -0.39 is 0 Å². The van der Waals surface area contributed by atoms with Crippen LogP contribution in [0.2, 0.25) is 0 Å². The standard InChI is InChI=1S/C17H21N3O3.C3H8.C2H6O.CH2O2/c1-17(2)9-13(6-7-18-17)19-12-5-3-4-11(8-12)16-20-15(22)14(10-21)23-16;2*1-3-2;2-1-3/h3-5,8,10,13,18-19,22H,6-7,9H2,1-2H3;3H2,1-2H3;1-2H3;1H,(H,2,3). The number of oxazole rings is 1. The zero-order chi connectivity index (χ0) is 24.6. The fourth-order valence-corrected chi connectivity index (χ4v) is 3.00. The summed E-state index contributed by atoms with van der Waals surface area (Å²) >= 11 is 0. The first-order chi connectivity index (χ1) is 15.2. The molecule has 0 amide bonds. The topological polar surface area (TPSA) is 134 Å². The van der Waals surface area contributed by atoms with Gasteiger partial charge in [0.05, 0.1) is 0 Å². The maximum atomic E-state index is 10.8. The number of aldehydes is 1. The highest BCUT2D eigenvalue weighted by atomic mass is 16.4. The number of nitrogens with zero attached hydrogens (tertiary/aromatic N) is 1. The average Bonchev–Trinajstić information content (AvgIpc) is 3.10. The van der Waals surface area contributed by atoms with E-state index >= 15 is 0 Å². The largest absolute Gasteiger partial charge is 0.490 e. The molecule has 0 aliphatic carbocycles. The van der Waals surface area contributed by atoms with Gasteiger partial charge in [0.2, 0.25) is 11.7 Å². The summed E-state index contributed by atoms with van der Waals surface area (Å²) in [6, 6.07) is 8.02. The lowest BCUT2D eigenvalue weighted by Gasteiger charge is -2.37. The Morgan fingerprint density at radius 1 is 1.31 bits per heavy atom. The number of aromatic hydroxyl groups is 1. The van der Waals surface area contributed by atoms with Gasteiger partial charge in [-0.2, -0.15) is 4.98 Å². The van der Waals surface area contributed by atoms with Crippen molar-refractivity contribution in [3.63, 3.8) is 0 Å². The van der Waals surface area contributed by atoms with Crippen molar-refractivity contribution < 1.29 is 29.0 Å². The number of piperidine rings is 1. The predicted octanol–water partition coefficient (Wildman–Crippen LogP) is 4.18. The Kier molecular flexibility index (Phi) is 14.4. The average molecular weight is 452 g/mol. The first-order valence-electron chi connectivity index (χ1n) is 10.5. The van der Waals surface area contributed by atoms with Gasteiger partial charge in [0.25, 0.3) is 12.4 Å².